The quantitative estimate of drug-likeness (QED) is 0.858. The fourth-order valence-electron chi connectivity index (χ4n) is 3.47. The van der Waals surface area contributed by atoms with E-state index in [0.29, 0.717) is 6.79 Å². The molecule has 2 aromatic rings. The van der Waals surface area contributed by atoms with Crippen LogP contribution >= 0.6 is 15.9 Å². The minimum atomic E-state index is -0.0792. The molecule has 0 radical (unpaired) electrons. The molecular weight excluding hydrogens is 370 g/mol. The second-order valence-electron chi connectivity index (χ2n) is 6.21. The molecule has 5 heteroatoms. The van der Waals surface area contributed by atoms with Crippen LogP contribution in [0.2, 0.25) is 0 Å². The molecule has 2 aromatic carbocycles. The van der Waals surface area contributed by atoms with E-state index in [1.807, 2.05) is 12.1 Å². The van der Waals surface area contributed by atoms with E-state index in [0.717, 1.165) is 54.1 Å². The van der Waals surface area contributed by atoms with Crippen molar-refractivity contribution in [3.8, 4) is 11.5 Å². The van der Waals surface area contributed by atoms with E-state index >= 15 is 0 Å². The minimum Gasteiger partial charge on any atom is -0.454 e. The topological polar surface area (TPSA) is 39.7 Å². The molecule has 2 aliphatic heterocycles. The lowest BCUT2D eigenvalue weighted by Crippen LogP contribution is -2.46. The molecule has 0 spiro atoms. The zero-order valence-electron chi connectivity index (χ0n) is 13.4. The molecule has 0 aliphatic carbocycles. The van der Waals surface area contributed by atoms with Crippen molar-refractivity contribution in [2.24, 2.45) is 0 Å². The van der Waals surface area contributed by atoms with Crippen LogP contribution in [0.25, 0.3) is 0 Å². The summed E-state index contributed by atoms with van der Waals surface area (Å²) in [5.41, 5.74) is 2.35. The standard InChI is InChI=1S/C19H20BrNO3/c20-16-5-2-4-15(11-16)19(7-9-22-10-8-19)21-12-14-3-1-6-17-18(14)24-13-23-17/h1-6,11,21H,7-10,12-13H2. The molecule has 1 N–H and O–H groups in total. The second-order valence-corrected chi connectivity index (χ2v) is 7.12. The van der Waals surface area contributed by atoms with Crippen molar-refractivity contribution in [3.63, 3.8) is 0 Å². The molecule has 2 heterocycles. The summed E-state index contributed by atoms with van der Waals surface area (Å²) in [7, 11) is 0. The molecular formula is C19H20BrNO3. The lowest BCUT2D eigenvalue weighted by molar-refractivity contribution is 0.0357. The van der Waals surface area contributed by atoms with Gasteiger partial charge in [0.1, 0.15) is 0 Å². The zero-order chi connectivity index (χ0) is 16.4. The maximum absolute atomic E-state index is 5.63. The lowest BCUT2D eigenvalue weighted by atomic mass is 9.82. The Balaban J connectivity index is 1.60. The van der Waals surface area contributed by atoms with Crippen LogP contribution in [0, 0.1) is 0 Å². The van der Waals surface area contributed by atoms with Crippen molar-refractivity contribution in [3.05, 3.63) is 58.1 Å². The number of fused-ring (bicyclic) bond motifs is 1. The summed E-state index contributed by atoms with van der Waals surface area (Å²) in [5, 5.41) is 3.79. The van der Waals surface area contributed by atoms with Crippen LogP contribution in [0.3, 0.4) is 0 Å². The highest BCUT2D eigenvalue weighted by atomic mass is 79.9. The van der Waals surface area contributed by atoms with Gasteiger partial charge in [-0.25, -0.2) is 0 Å². The van der Waals surface area contributed by atoms with Gasteiger partial charge in [0.25, 0.3) is 0 Å². The molecule has 0 aromatic heterocycles. The normalized spacial score (nSPS) is 18.5. The van der Waals surface area contributed by atoms with E-state index in [4.69, 9.17) is 14.2 Å². The van der Waals surface area contributed by atoms with Gasteiger partial charge in [-0.2, -0.15) is 0 Å². The second kappa shape index (κ2) is 6.75. The van der Waals surface area contributed by atoms with Gasteiger partial charge in [-0.1, -0.05) is 40.2 Å². The van der Waals surface area contributed by atoms with Crippen LogP contribution in [0.5, 0.6) is 11.5 Å². The number of rotatable bonds is 4. The Labute approximate surface area is 150 Å². The number of benzene rings is 2. The molecule has 0 saturated carbocycles. The first-order valence-electron chi connectivity index (χ1n) is 8.23. The Morgan fingerprint density at radius 2 is 1.88 bits per heavy atom. The predicted octanol–water partition coefficient (Wildman–Crippen LogP) is 3.97. The van der Waals surface area contributed by atoms with Gasteiger partial charge in [-0.3, -0.25) is 0 Å². The molecule has 0 unspecified atom stereocenters. The highest BCUT2D eigenvalue weighted by Crippen LogP contribution is 2.37. The average Bonchev–Trinajstić information content (AvgIpc) is 3.10. The van der Waals surface area contributed by atoms with E-state index in [-0.39, 0.29) is 5.54 Å². The molecule has 4 rings (SSSR count). The molecule has 0 amide bonds. The highest BCUT2D eigenvalue weighted by molar-refractivity contribution is 9.10. The molecule has 2 aliphatic rings. The number of halogens is 1. The van der Waals surface area contributed by atoms with Gasteiger partial charge in [0.2, 0.25) is 6.79 Å². The fraction of sp³-hybridized carbons (Fsp3) is 0.368. The molecule has 1 saturated heterocycles. The summed E-state index contributed by atoms with van der Waals surface area (Å²) in [5.74, 6) is 1.69. The number of hydrogen-bond acceptors (Lipinski definition) is 4. The molecule has 126 valence electrons. The Hall–Kier alpha value is -1.56. The molecule has 4 nitrogen and oxygen atoms in total. The van der Waals surface area contributed by atoms with Gasteiger partial charge in [0.05, 0.1) is 0 Å². The van der Waals surface area contributed by atoms with Crippen molar-refractivity contribution in [1.29, 1.82) is 0 Å². The maximum atomic E-state index is 5.63. The van der Waals surface area contributed by atoms with Crippen molar-refractivity contribution in [2.45, 2.75) is 24.9 Å². The fourth-order valence-corrected chi connectivity index (χ4v) is 3.87. The Kier molecular flexibility index (Phi) is 4.48. The molecule has 1 fully saturated rings. The third-order valence-electron chi connectivity index (χ3n) is 4.82. The van der Waals surface area contributed by atoms with Gasteiger partial charge in [0, 0.05) is 35.3 Å². The number of hydrogen-bond donors (Lipinski definition) is 1. The summed E-state index contributed by atoms with van der Waals surface area (Å²) < 4.78 is 17.8. The number of ether oxygens (including phenoxy) is 3. The third kappa shape index (κ3) is 3.04. The van der Waals surface area contributed by atoms with Gasteiger partial charge < -0.3 is 19.5 Å². The number of nitrogens with one attached hydrogen (secondary N) is 1. The first-order valence-corrected chi connectivity index (χ1v) is 9.02. The predicted molar refractivity (Wildman–Crippen MR) is 95.3 cm³/mol. The summed E-state index contributed by atoms with van der Waals surface area (Å²) in [6, 6.07) is 14.6. The highest BCUT2D eigenvalue weighted by Gasteiger charge is 2.34. The SMILES string of the molecule is Brc1cccc(C2(NCc3cccc4c3OCO4)CCOCC2)c1. The summed E-state index contributed by atoms with van der Waals surface area (Å²) >= 11 is 3.59. The summed E-state index contributed by atoms with van der Waals surface area (Å²) in [6.45, 7) is 2.58. The van der Waals surface area contributed by atoms with Gasteiger partial charge in [-0.05, 0) is 36.6 Å². The molecule has 0 atom stereocenters. The van der Waals surface area contributed by atoms with Crippen molar-refractivity contribution in [1.82, 2.24) is 5.32 Å². The van der Waals surface area contributed by atoms with E-state index < -0.39 is 0 Å². The average molecular weight is 390 g/mol. The van der Waals surface area contributed by atoms with Crippen LogP contribution in [0.4, 0.5) is 0 Å². The van der Waals surface area contributed by atoms with Gasteiger partial charge in [0.15, 0.2) is 11.5 Å². The Morgan fingerprint density at radius 3 is 2.71 bits per heavy atom. The van der Waals surface area contributed by atoms with E-state index in [2.05, 4.69) is 51.6 Å². The smallest absolute Gasteiger partial charge is 0.231 e. The van der Waals surface area contributed by atoms with E-state index in [1.54, 1.807) is 0 Å². The van der Waals surface area contributed by atoms with Crippen molar-refractivity contribution < 1.29 is 14.2 Å². The summed E-state index contributed by atoms with van der Waals surface area (Å²) in [6.07, 6.45) is 1.91. The van der Waals surface area contributed by atoms with Crippen molar-refractivity contribution in [2.75, 3.05) is 20.0 Å². The Morgan fingerprint density at radius 1 is 1.04 bits per heavy atom. The van der Waals surface area contributed by atoms with Crippen molar-refractivity contribution >= 4 is 15.9 Å². The molecule has 24 heavy (non-hydrogen) atoms. The van der Waals surface area contributed by atoms with Crippen LogP contribution in [-0.4, -0.2) is 20.0 Å². The Bertz CT molecular complexity index is 728. The van der Waals surface area contributed by atoms with Crippen LogP contribution in [-0.2, 0) is 16.8 Å². The first kappa shape index (κ1) is 15.9. The zero-order valence-corrected chi connectivity index (χ0v) is 15.0. The minimum absolute atomic E-state index is 0.0792. The lowest BCUT2D eigenvalue weighted by Gasteiger charge is -2.39. The maximum Gasteiger partial charge on any atom is 0.231 e. The third-order valence-corrected chi connectivity index (χ3v) is 5.31. The van der Waals surface area contributed by atoms with Crippen LogP contribution < -0.4 is 14.8 Å². The van der Waals surface area contributed by atoms with Crippen LogP contribution in [0.15, 0.2) is 46.9 Å². The van der Waals surface area contributed by atoms with E-state index in [1.165, 1.54) is 5.56 Å². The largest absolute Gasteiger partial charge is 0.454 e. The van der Waals surface area contributed by atoms with Gasteiger partial charge in [-0.15, -0.1) is 0 Å². The first-order chi connectivity index (χ1) is 11.8. The number of para-hydroxylation sites is 1. The van der Waals surface area contributed by atoms with E-state index in [9.17, 15) is 0 Å². The summed E-state index contributed by atoms with van der Waals surface area (Å²) in [4.78, 5) is 0. The monoisotopic (exact) mass is 389 g/mol. The van der Waals surface area contributed by atoms with Crippen LogP contribution in [0.1, 0.15) is 24.0 Å². The molecule has 0 bridgehead atoms. The van der Waals surface area contributed by atoms with Gasteiger partial charge >= 0.3 is 0 Å².